The number of nitrogens with zero attached hydrogens (tertiary/aromatic N) is 2. The fourth-order valence-electron chi connectivity index (χ4n) is 3.85. The Morgan fingerprint density at radius 1 is 1.06 bits per heavy atom. The molecule has 1 aromatic heterocycles. The first-order chi connectivity index (χ1) is 15.6. The van der Waals surface area contributed by atoms with Gasteiger partial charge in [-0.05, 0) is 44.1 Å². The van der Waals surface area contributed by atoms with Crippen LogP contribution in [0, 0.1) is 0 Å². The Morgan fingerprint density at radius 3 is 2.50 bits per heavy atom. The molecule has 1 amide bonds. The average molecular weight is 452 g/mol. The molecule has 0 aliphatic heterocycles. The molecule has 6 heteroatoms. The molecule has 1 unspecified atom stereocenters. The average Bonchev–Trinajstić information content (AvgIpc) is 3.27. The Bertz CT molecular complexity index is 970. The van der Waals surface area contributed by atoms with Crippen LogP contribution in [0.5, 0.6) is 5.75 Å². The Labute approximate surface area is 195 Å². The number of amides is 1. The lowest BCUT2D eigenvalue weighted by Gasteiger charge is -2.30. The highest BCUT2D eigenvalue weighted by Gasteiger charge is 2.18. The van der Waals surface area contributed by atoms with Gasteiger partial charge < -0.3 is 10.1 Å². The maximum absolute atomic E-state index is 12.7. The van der Waals surface area contributed by atoms with E-state index in [0.717, 1.165) is 41.5 Å². The molecule has 5 nitrogen and oxygen atoms in total. The van der Waals surface area contributed by atoms with E-state index in [9.17, 15) is 4.79 Å². The van der Waals surface area contributed by atoms with Crippen molar-refractivity contribution in [2.75, 3.05) is 26.2 Å². The van der Waals surface area contributed by atoms with E-state index in [1.807, 2.05) is 42.6 Å². The number of likely N-dealkylation sites (N-methyl/N-ethyl adjacent to an activating group) is 1. The van der Waals surface area contributed by atoms with E-state index in [1.165, 1.54) is 5.56 Å². The minimum absolute atomic E-state index is 0.00478. The van der Waals surface area contributed by atoms with Gasteiger partial charge in [0.1, 0.15) is 10.8 Å². The second-order valence-corrected chi connectivity index (χ2v) is 8.48. The Morgan fingerprint density at radius 2 is 1.78 bits per heavy atom. The van der Waals surface area contributed by atoms with Crippen molar-refractivity contribution in [3.63, 3.8) is 0 Å². The Balaban J connectivity index is 1.61. The van der Waals surface area contributed by atoms with Crippen molar-refractivity contribution in [2.45, 2.75) is 39.7 Å². The van der Waals surface area contributed by atoms with Crippen molar-refractivity contribution in [1.29, 1.82) is 0 Å². The third kappa shape index (κ3) is 6.65. The van der Waals surface area contributed by atoms with Crippen LogP contribution in [0.15, 0.2) is 60.0 Å². The molecular formula is C26H33N3O2S. The number of para-hydroxylation sites is 1. The van der Waals surface area contributed by atoms with E-state index in [-0.39, 0.29) is 18.4 Å². The molecule has 0 fully saturated rings. The molecule has 0 radical (unpaired) electrons. The van der Waals surface area contributed by atoms with Gasteiger partial charge in [-0.15, -0.1) is 11.3 Å². The van der Waals surface area contributed by atoms with E-state index in [4.69, 9.17) is 9.72 Å². The molecule has 32 heavy (non-hydrogen) atoms. The van der Waals surface area contributed by atoms with Gasteiger partial charge in [-0.3, -0.25) is 9.69 Å². The molecule has 0 saturated carbocycles. The van der Waals surface area contributed by atoms with E-state index < -0.39 is 0 Å². The summed E-state index contributed by atoms with van der Waals surface area (Å²) in [4.78, 5) is 19.8. The van der Waals surface area contributed by atoms with Crippen molar-refractivity contribution in [1.82, 2.24) is 15.2 Å². The number of carbonyl (C=O) groups is 1. The second kappa shape index (κ2) is 12.4. The number of thiazole rings is 1. The lowest BCUT2D eigenvalue weighted by molar-refractivity contribution is -0.120. The monoisotopic (exact) mass is 451 g/mol. The summed E-state index contributed by atoms with van der Waals surface area (Å²) in [5, 5.41) is 5.98. The number of ether oxygens (including phenoxy) is 1. The standard InChI is InChI=1S/C26H33N3O2S/c1-4-29(5-2)22(16-20-12-8-7-9-13-20)18-27-25(30)17-21-19-32-26(28-21)23-14-10-11-15-24(23)31-6-3/h7-15,19,22H,4-6,16-18H2,1-3H3,(H,27,30). The fourth-order valence-corrected chi connectivity index (χ4v) is 4.70. The fraction of sp³-hybridized carbons (Fsp3) is 0.385. The summed E-state index contributed by atoms with van der Waals surface area (Å²) in [7, 11) is 0. The molecule has 1 heterocycles. The van der Waals surface area contributed by atoms with Crippen molar-refractivity contribution in [3.05, 3.63) is 71.2 Å². The summed E-state index contributed by atoms with van der Waals surface area (Å²) in [6.45, 7) is 9.45. The number of aromatic nitrogens is 1. The van der Waals surface area contributed by atoms with E-state index in [1.54, 1.807) is 11.3 Å². The highest BCUT2D eigenvalue weighted by molar-refractivity contribution is 7.13. The minimum Gasteiger partial charge on any atom is -0.493 e. The second-order valence-electron chi connectivity index (χ2n) is 7.62. The highest BCUT2D eigenvalue weighted by Crippen LogP contribution is 2.32. The van der Waals surface area contributed by atoms with Crippen LogP contribution in [0.3, 0.4) is 0 Å². The largest absolute Gasteiger partial charge is 0.493 e. The van der Waals surface area contributed by atoms with E-state index >= 15 is 0 Å². The summed E-state index contributed by atoms with van der Waals surface area (Å²) in [5.41, 5.74) is 3.04. The van der Waals surface area contributed by atoms with Gasteiger partial charge in [-0.2, -0.15) is 0 Å². The van der Waals surface area contributed by atoms with Crippen LogP contribution < -0.4 is 10.1 Å². The van der Waals surface area contributed by atoms with Crippen LogP contribution >= 0.6 is 11.3 Å². The highest BCUT2D eigenvalue weighted by atomic mass is 32.1. The van der Waals surface area contributed by atoms with Gasteiger partial charge in [0.15, 0.2) is 0 Å². The van der Waals surface area contributed by atoms with Crippen LogP contribution in [-0.4, -0.2) is 48.1 Å². The van der Waals surface area contributed by atoms with Crippen molar-refractivity contribution in [2.24, 2.45) is 0 Å². The van der Waals surface area contributed by atoms with E-state index in [0.29, 0.717) is 13.2 Å². The maximum Gasteiger partial charge on any atom is 0.226 e. The zero-order chi connectivity index (χ0) is 22.8. The van der Waals surface area contributed by atoms with Gasteiger partial charge in [-0.25, -0.2) is 4.98 Å². The van der Waals surface area contributed by atoms with Crippen LogP contribution in [0.4, 0.5) is 0 Å². The third-order valence-electron chi connectivity index (χ3n) is 5.49. The quantitative estimate of drug-likeness (QED) is 0.429. The van der Waals surface area contributed by atoms with Crippen molar-refractivity contribution < 1.29 is 9.53 Å². The van der Waals surface area contributed by atoms with Gasteiger partial charge in [-0.1, -0.05) is 56.3 Å². The summed E-state index contributed by atoms with van der Waals surface area (Å²) in [6, 6.07) is 18.6. The molecule has 0 saturated heterocycles. The number of hydrogen-bond donors (Lipinski definition) is 1. The van der Waals surface area contributed by atoms with Crippen LogP contribution in [0.1, 0.15) is 32.0 Å². The zero-order valence-electron chi connectivity index (χ0n) is 19.2. The first kappa shape index (κ1) is 24.0. The topological polar surface area (TPSA) is 54.5 Å². The molecule has 0 bridgehead atoms. The SMILES string of the molecule is CCOc1ccccc1-c1nc(CC(=O)NCC(Cc2ccccc2)N(CC)CC)cs1. The normalized spacial score (nSPS) is 12.0. The van der Waals surface area contributed by atoms with Gasteiger partial charge in [0.25, 0.3) is 0 Å². The number of carbonyl (C=O) groups excluding carboxylic acids is 1. The van der Waals surface area contributed by atoms with Gasteiger partial charge in [0, 0.05) is 18.0 Å². The van der Waals surface area contributed by atoms with Gasteiger partial charge >= 0.3 is 0 Å². The molecular weight excluding hydrogens is 418 g/mol. The molecule has 0 aliphatic rings. The summed E-state index contributed by atoms with van der Waals surface area (Å²) in [5.74, 6) is 0.827. The summed E-state index contributed by atoms with van der Waals surface area (Å²) >= 11 is 1.54. The van der Waals surface area contributed by atoms with Gasteiger partial charge in [0.05, 0.1) is 24.3 Å². The number of hydrogen-bond acceptors (Lipinski definition) is 5. The molecule has 2 aromatic carbocycles. The molecule has 0 spiro atoms. The van der Waals surface area contributed by atoms with Crippen LogP contribution in [-0.2, 0) is 17.6 Å². The maximum atomic E-state index is 12.7. The molecule has 1 N–H and O–H groups in total. The number of benzene rings is 2. The van der Waals surface area contributed by atoms with Crippen LogP contribution in [0.25, 0.3) is 10.6 Å². The Hall–Kier alpha value is -2.70. The third-order valence-corrected chi connectivity index (χ3v) is 6.41. The molecule has 3 rings (SSSR count). The first-order valence-corrected chi connectivity index (χ1v) is 12.2. The number of nitrogens with one attached hydrogen (secondary N) is 1. The van der Waals surface area contributed by atoms with Crippen molar-refractivity contribution >= 4 is 17.2 Å². The van der Waals surface area contributed by atoms with E-state index in [2.05, 4.69) is 48.3 Å². The first-order valence-electron chi connectivity index (χ1n) is 11.4. The predicted octanol–water partition coefficient (Wildman–Crippen LogP) is 4.82. The predicted molar refractivity (Wildman–Crippen MR) is 132 cm³/mol. The van der Waals surface area contributed by atoms with Crippen molar-refractivity contribution in [3.8, 4) is 16.3 Å². The molecule has 0 aliphatic carbocycles. The van der Waals surface area contributed by atoms with Gasteiger partial charge in [0.2, 0.25) is 5.91 Å². The molecule has 170 valence electrons. The summed E-state index contributed by atoms with van der Waals surface area (Å²) in [6.07, 6.45) is 1.20. The lowest BCUT2D eigenvalue weighted by atomic mass is 10.0. The molecule has 1 atom stereocenters. The minimum atomic E-state index is 0.00478. The Kier molecular flexibility index (Phi) is 9.26. The smallest absolute Gasteiger partial charge is 0.226 e. The number of rotatable bonds is 12. The van der Waals surface area contributed by atoms with Crippen LogP contribution in [0.2, 0.25) is 0 Å². The lowest BCUT2D eigenvalue weighted by Crippen LogP contribution is -2.45. The summed E-state index contributed by atoms with van der Waals surface area (Å²) < 4.78 is 5.72. The molecule has 3 aromatic rings. The zero-order valence-corrected chi connectivity index (χ0v) is 20.0.